The van der Waals surface area contributed by atoms with Gasteiger partial charge in [-0.1, -0.05) is 54.1 Å². The van der Waals surface area contributed by atoms with E-state index in [1.807, 2.05) is 30.3 Å². The van der Waals surface area contributed by atoms with Gasteiger partial charge in [0, 0.05) is 31.1 Å². The van der Waals surface area contributed by atoms with Crippen molar-refractivity contribution in [3.63, 3.8) is 0 Å². The Labute approximate surface area is 152 Å². The fourth-order valence-electron chi connectivity index (χ4n) is 3.01. The number of amides is 2. The molecule has 1 aliphatic rings. The van der Waals surface area contributed by atoms with Gasteiger partial charge in [0.15, 0.2) is 0 Å². The predicted molar refractivity (Wildman–Crippen MR) is 98.1 cm³/mol. The molecule has 0 bridgehead atoms. The van der Waals surface area contributed by atoms with Crippen molar-refractivity contribution < 1.29 is 9.59 Å². The molecule has 1 unspecified atom stereocenters. The van der Waals surface area contributed by atoms with E-state index >= 15 is 0 Å². The number of carbonyl (C=O) groups excluding carboxylic acids is 2. The number of nitrogens with zero attached hydrogens (tertiary/aromatic N) is 1. The highest BCUT2D eigenvalue weighted by molar-refractivity contribution is 6.30. The Morgan fingerprint density at radius 3 is 2.52 bits per heavy atom. The summed E-state index contributed by atoms with van der Waals surface area (Å²) in [7, 11) is 0. The number of halogens is 1. The number of likely N-dealkylation sites (tertiary alicyclic amines) is 1. The van der Waals surface area contributed by atoms with Crippen LogP contribution in [-0.2, 0) is 22.6 Å². The SMILES string of the molecule is O=C(NCc1ccc(Cl)cc1)C1CC(=O)N(CCc2ccccc2)C1. The number of rotatable bonds is 6. The highest BCUT2D eigenvalue weighted by atomic mass is 35.5. The third-order valence-corrected chi connectivity index (χ3v) is 4.73. The normalized spacial score (nSPS) is 16.9. The van der Waals surface area contributed by atoms with E-state index in [4.69, 9.17) is 11.6 Å². The van der Waals surface area contributed by atoms with Gasteiger partial charge >= 0.3 is 0 Å². The van der Waals surface area contributed by atoms with Crippen LogP contribution in [0, 0.1) is 5.92 Å². The van der Waals surface area contributed by atoms with Crippen molar-refractivity contribution in [2.45, 2.75) is 19.4 Å². The van der Waals surface area contributed by atoms with Gasteiger partial charge in [0.05, 0.1) is 5.92 Å². The minimum atomic E-state index is -0.268. The fourth-order valence-corrected chi connectivity index (χ4v) is 3.13. The van der Waals surface area contributed by atoms with Crippen molar-refractivity contribution in [2.75, 3.05) is 13.1 Å². The Balaban J connectivity index is 1.47. The van der Waals surface area contributed by atoms with Crippen LogP contribution in [0.15, 0.2) is 54.6 Å². The zero-order chi connectivity index (χ0) is 17.6. The van der Waals surface area contributed by atoms with Gasteiger partial charge in [0.25, 0.3) is 0 Å². The molecule has 3 rings (SSSR count). The third-order valence-electron chi connectivity index (χ3n) is 4.48. The van der Waals surface area contributed by atoms with E-state index < -0.39 is 0 Å². The Morgan fingerprint density at radius 2 is 1.80 bits per heavy atom. The summed E-state index contributed by atoms with van der Waals surface area (Å²) >= 11 is 5.85. The fraction of sp³-hybridized carbons (Fsp3) is 0.300. The molecule has 130 valence electrons. The van der Waals surface area contributed by atoms with Crippen molar-refractivity contribution in [3.8, 4) is 0 Å². The zero-order valence-electron chi connectivity index (χ0n) is 14.0. The van der Waals surface area contributed by atoms with E-state index in [9.17, 15) is 9.59 Å². The minimum absolute atomic E-state index is 0.0579. The van der Waals surface area contributed by atoms with E-state index in [2.05, 4.69) is 17.4 Å². The molecule has 2 aromatic carbocycles. The van der Waals surface area contributed by atoms with Gasteiger partial charge in [-0.25, -0.2) is 0 Å². The molecule has 0 aromatic heterocycles. The molecule has 0 saturated carbocycles. The van der Waals surface area contributed by atoms with Gasteiger partial charge in [-0.05, 0) is 29.7 Å². The van der Waals surface area contributed by atoms with Gasteiger partial charge < -0.3 is 10.2 Å². The topological polar surface area (TPSA) is 49.4 Å². The van der Waals surface area contributed by atoms with Crippen molar-refractivity contribution in [1.29, 1.82) is 0 Å². The first-order chi connectivity index (χ1) is 12.1. The van der Waals surface area contributed by atoms with Gasteiger partial charge in [0.2, 0.25) is 11.8 Å². The van der Waals surface area contributed by atoms with Crippen LogP contribution in [0.2, 0.25) is 5.02 Å². The van der Waals surface area contributed by atoms with Crippen LogP contribution in [0.25, 0.3) is 0 Å². The third kappa shape index (κ3) is 4.83. The highest BCUT2D eigenvalue weighted by Gasteiger charge is 2.33. The molecule has 0 radical (unpaired) electrons. The van der Waals surface area contributed by atoms with E-state index in [-0.39, 0.29) is 17.7 Å². The lowest BCUT2D eigenvalue weighted by molar-refractivity contribution is -0.129. The van der Waals surface area contributed by atoms with Gasteiger partial charge in [0.1, 0.15) is 0 Å². The highest BCUT2D eigenvalue weighted by Crippen LogP contribution is 2.19. The number of hydrogen-bond donors (Lipinski definition) is 1. The molecule has 1 N–H and O–H groups in total. The van der Waals surface area contributed by atoms with E-state index in [0.717, 1.165) is 12.0 Å². The molecule has 2 amide bonds. The standard InChI is InChI=1S/C20H21ClN2O2/c21-18-8-6-16(7-9-18)13-22-20(25)17-12-19(24)23(14-17)11-10-15-4-2-1-3-5-15/h1-9,17H,10-14H2,(H,22,25). The Bertz CT molecular complexity index is 731. The lowest BCUT2D eigenvalue weighted by Gasteiger charge is -2.16. The lowest BCUT2D eigenvalue weighted by atomic mass is 10.1. The summed E-state index contributed by atoms with van der Waals surface area (Å²) in [4.78, 5) is 26.3. The van der Waals surface area contributed by atoms with Crippen molar-refractivity contribution in [1.82, 2.24) is 10.2 Å². The summed E-state index contributed by atoms with van der Waals surface area (Å²) in [5.41, 5.74) is 2.19. The van der Waals surface area contributed by atoms with E-state index in [1.54, 1.807) is 17.0 Å². The maximum Gasteiger partial charge on any atom is 0.225 e. The summed E-state index contributed by atoms with van der Waals surface area (Å²) in [5, 5.41) is 3.59. The Hall–Kier alpha value is -2.33. The van der Waals surface area contributed by atoms with Crippen LogP contribution in [0.5, 0.6) is 0 Å². The molecule has 0 spiro atoms. The van der Waals surface area contributed by atoms with E-state index in [0.29, 0.717) is 31.1 Å². The zero-order valence-corrected chi connectivity index (χ0v) is 14.7. The Morgan fingerprint density at radius 1 is 1.08 bits per heavy atom. The molecule has 0 aliphatic carbocycles. The van der Waals surface area contributed by atoms with Crippen molar-refractivity contribution in [3.05, 3.63) is 70.7 Å². The van der Waals surface area contributed by atoms with Gasteiger partial charge in [-0.2, -0.15) is 0 Å². The second kappa shape index (κ2) is 8.17. The summed E-state index contributed by atoms with van der Waals surface area (Å²) in [6.45, 7) is 1.60. The second-order valence-electron chi connectivity index (χ2n) is 6.32. The first-order valence-electron chi connectivity index (χ1n) is 8.45. The molecule has 1 saturated heterocycles. The first kappa shape index (κ1) is 17.5. The van der Waals surface area contributed by atoms with Crippen LogP contribution in [-0.4, -0.2) is 29.8 Å². The molecule has 1 heterocycles. The number of benzene rings is 2. The summed E-state index contributed by atoms with van der Waals surface area (Å²) in [6, 6.07) is 17.4. The minimum Gasteiger partial charge on any atom is -0.352 e. The molecule has 2 aromatic rings. The van der Waals surface area contributed by atoms with Gasteiger partial charge in [-0.15, -0.1) is 0 Å². The molecule has 5 heteroatoms. The maximum absolute atomic E-state index is 12.3. The molecule has 25 heavy (non-hydrogen) atoms. The van der Waals surface area contributed by atoms with Crippen molar-refractivity contribution in [2.24, 2.45) is 5.92 Å². The monoisotopic (exact) mass is 356 g/mol. The molecule has 1 aliphatic heterocycles. The summed E-state index contributed by atoms with van der Waals surface area (Å²) < 4.78 is 0. The average molecular weight is 357 g/mol. The first-order valence-corrected chi connectivity index (χ1v) is 8.83. The quantitative estimate of drug-likeness (QED) is 0.864. The van der Waals surface area contributed by atoms with Gasteiger partial charge in [-0.3, -0.25) is 9.59 Å². The number of nitrogens with one attached hydrogen (secondary N) is 1. The van der Waals surface area contributed by atoms with Crippen LogP contribution in [0.3, 0.4) is 0 Å². The average Bonchev–Trinajstić information content (AvgIpc) is 3.01. The van der Waals surface area contributed by atoms with Crippen molar-refractivity contribution >= 4 is 23.4 Å². The smallest absolute Gasteiger partial charge is 0.225 e. The molecular weight excluding hydrogens is 336 g/mol. The summed E-state index contributed by atoms with van der Waals surface area (Å²) in [6.07, 6.45) is 1.10. The molecular formula is C20H21ClN2O2. The maximum atomic E-state index is 12.3. The molecule has 1 fully saturated rings. The van der Waals surface area contributed by atoms with Crippen LogP contribution in [0.4, 0.5) is 0 Å². The number of hydrogen-bond acceptors (Lipinski definition) is 2. The number of carbonyl (C=O) groups is 2. The molecule has 4 nitrogen and oxygen atoms in total. The largest absolute Gasteiger partial charge is 0.352 e. The molecule has 1 atom stereocenters. The van der Waals surface area contributed by atoms with Crippen LogP contribution in [0.1, 0.15) is 17.5 Å². The second-order valence-corrected chi connectivity index (χ2v) is 6.76. The van der Waals surface area contributed by atoms with Crippen LogP contribution < -0.4 is 5.32 Å². The predicted octanol–water partition coefficient (Wildman–Crippen LogP) is 3.05. The lowest BCUT2D eigenvalue weighted by Crippen LogP contribution is -2.33. The Kier molecular flexibility index (Phi) is 5.71. The van der Waals surface area contributed by atoms with E-state index in [1.165, 1.54) is 5.56 Å². The van der Waals surface area contributed by atoms with Crippen LogP contribution >= 0.6 is 11.6 Å². The summed E-state index contributed by atoms with van der Waals surface area (Å²) in [5.74, 6) is -0.274.